The van der Waals surface area contributed by atoms with Crippen molar-refractivity contribution < 1.29 is 10.2 Å². The van der Waals surface area contributed by atoms with Crippen LogP contribution in [0.1, 0.15) is 11.1 Å². The van der Waals surface area contributed by atoms with Gasteiger partial charge in [0.15, 0.2) is 0 Å². The van der Waals surface area contributed by atoms with Crippen molar-refractivity contribution in [1.29, 1.82) is 0 Å². The maximum atomic E-state index is 8.79. The molecule has 3 nitrogen and oxygen atoms in total. The van der Waals surface area contributed by atoms with Crippen molar-refractivity contribution in [3.8, 4) is 0 Å². The van der Waals surface area contributed by atoms with Gasteiger partial charge in [0.2, 0.25) is 0 Å². The molecule has 1 rings (SSSR count). The third-order valence-electron chi connectivity index (χ3n) is 1.82. The smallest absolute Gasteiger partial charge is 0.0681 e. The van der Waals surface area contributed by atoms with E-state index in [-0.39, 0.29) is 13.2 Å². The highest BCUT2D eigenvalue weighted by Gasteiger charge is 1.92. The molecule has 0 radical (unpaired) electrons. The Hall–Kier alpha value is -0.900. The van der Waals surface area contributed by atoms with E-state index in [2.05, 4.69) is 5.32 Å². The third-order valence-corrected chi connectivity index (χ3v) is 1.82. The molecule has 13 heavy (non-hydrogen) atoms. The second kappa shape index (κ2) is 5.70. The summed E-state index contributed by atoms with van der Waals surface area (Å²) in [6, 6.07) is 7.73. The van der Waals surface area contributed by atoms with Gasteiger partial charge in [-0.15, -0.1) is 0 Å². The summed E-state index contributed by atoms with van der Waals surface area (Å²) in [6.07, 6.45) is 0. The van der Waals surface area contributed by atoms with Gasteiger partial charge in [0.05, 0.1) is 13.2 Å². The molecule has 0 bridgehead atoms. The molecule has 0 saturated carbocycles. The van der Waals surface area contributed by atoms with Crippen LogP contribution in [0.3, 0.4) is 0 Å². The van der Waals surface area contributed by atoms with Crippen LogP contribution in [0.2, 0.25) is 0 Å². The molecule has 0 heterocycles. The van der Waals surface area contributed by atoms with Crippen LogP contribution in [0, 0.1) is 0 Å². The van der Waals surface area contributed by atoms with E-state index in [9.17, 15) is 0 Å². The average molecular weight is 181 g/mol. The summed E-state index contributed by atoms with van der Waals surface area (Å²) < 4.78 is 0. The van der Waals surface area contributed by atoms with Gasteiger partial charge in [-0.1, -0.05) is 24.3 Å². The predicted molar refractivity (Wildman–Crippen MR) is 51.2 cm³/mol. The van der Waals surface area contributed by atoms with Gasteiger partial charge < -0.3 is 15.5 Å². The first-order chi connectivity index (χ1) is 6.36. The molecule has 0 amide bonds. The maximum absolute atomic E-state index is 8.79. The molecule has 0 atom stereocenters. The van der Waals surface area contributed by atoms with Gasteiger partial charge in [0.25, 0.3) is 0 Å². The molecule has 0 unspecified atom stereocenters. The molecule has 0 saturated heterocycles. The molecule has 3 heteroatoms. The van der Waals surface area contributed by atoms with E-state index in [0.29, 0.717) is 6.54 Å². The standard InChI is InChI=1S/C10H15NO2/c12-6-5-11-7-9-1-3-10(8-13)4-2-9/h1-4,11-13H,5-8H2. The zero-order valence-corrected chi connectivity index (χ0v) is 7.53. The van der Waals surface area contributed by atoms with Crippen LogP contribution in [0.5, 0.6) is 0 Å². The summed E-state index contributed by atoms with van der Waals surface area (Å²) in [5, 5.41) is 20.4. The Labute approximate surface area is 78.0 Å². The van der Waals surface area contributed by atoms with Crippen molar-refractivity contribution in [2.24, 2.45) is 0 Å². The Bertz CT molecular complexity index is 233. The predicted octanol–water partition coefficient (Wildman–Crippen LogP) is 0.261. The molecule has 3 N–H and O–H groups in total. The molecule has 0 spiro atoms. The number of nitrogens with one attached hydrogen (secondary N) is 1. The highest BCUT2D eigenvalue weighted by Crippen LogP contribution is 2.03. The van der Waals surface area contributed by atoms with Gasteiger partial charge in [0.1, 0.15) is 0 Å². The zero-order valence-electron chi connectivity index (χ0n) is 7.53. The highest BCUT2D eigenvalue weighted by atomic mass is 16.3. The lowest BCUT2D eigenvalue weighted by Gasteiger charge is -2.03. The van der Waals surface area contributed by atoms with Gasteiger partial charge in [-0.2, -0.15) is 0 Å². The van der Waals surface area contributed by atoms with Gasteiger partial charge in [-0.25, -0.2) is 0 Å². The minimum absolute atomic E-state index is 0.0876. The van der Waals surface area contributed by atoms with Gasteiger partial charge in [0, 0.05) is 13.1 Å². The minimum atomic E-state index is 0.0876. The van der Waals surface area contributed by atoms with E-state index in [1.807, 2.05) is 24.3 Å². The number of hydrogen-bond acceptors (Lipinski definition) is 3. The lowest BCUT2D eigenvalue weighted by Crippen LogP contribution is -2.17. The first-order valence-electron chi connectivity index (χ1n) is 4.37. The van der Waals surface area contributed by atoms with E-state index in [1.54, 1.807) is 0 Å². The topological polar surface area (TPSA) is 52.5 Å². The fourth-order valence-corrected chi connectivity index (χ4v) is 1.07. The number of rotatable bonds is 5. The summed E-state index contributed by atoms with van der Waals surface area (Å²) in [4.78, 5) is 0. The molecule has 0 aromatic heterocycles. The van der Waals surface area contributed by atoms with Crippen molar-refractivity contribution in [1.82, 2.24) is 5.32 Å². The average Bonchev–Trinajstić information content (AvgIpc) is 2.19. The largest absolute Gasteiger partial charge is 0.395 e. The zero-order chi connectivity index (χ0) is 9.52. The van der Waals surface area contributed by atoms with Crippen molar-refractivity contribution in [3.05, 3.63) is 35.4 Å². The molecule has 1 aromatic rings. The SMILES string of the molecule is OCCNCc1ccc(CO)cc1. The number of aliphatic hydroxyl groups excluding tert-OH is 2. The van der Waals surface area contributed by atoms with Crippen LogP contribution in [0.4, 0.5) is 0 Å². The van der Waals surface area contributed by atoms with Crippen LogP contribution in [-0.4, -0.2) is 23.4 Å². The Morgan fingerprint density at radius 1 is 1.00 bits per heavy atom. The third kappa shape index (κ3) is 3.55. The van der Waals surface area contributed by atoms with E-state index in [4.69, 9.17) is 10.2 Å². The Morgan fingerprint density at radius 3 is 2.15 bits per heavy atom. The van der Waals surface area contributed by atoms with Gasteiger partial charge in [-0.3, -0.25) is 0 Å². The van der Waals surface area contributed by atoms with E-state index in [0.717, 1.165) is 17.7 Å². The fraction of sp³-hybridized carbons (Fsp3) is 0.400. The quantitative estimate of drug-likeness (QED) is 0.571. The van der Waals surface area contributed by atoms with E-state index < -0.39 is 0 Å². The molecule has 0 aliphatic rings. The van der Waals surface area contributed by atoms with Crippen molar-refractivity contribution >= 4 is 0 Å². The van der Waals surface area contributed by atoms with Gasteiger partial charge in [-0.05, 0) is 11.1 Å². The molecular formula is C10H15NO2. The summed E-state index contributed by atoms with van der Waals surface area (Å²) in [5.74, 6) is 0. The number of hydrogen-bond donors (Lipinski definition) is 3. The minimum Gasteiger partial charge on any atom is -0.395 e. The van der Waals surface area contributed by atoms with Crippen molar-refractivity contribution in [3.63, 3.8) is 0 Å². The van der Waals surface area contributed by atoms with Crippen LogP contribution in [-0.2, 0) is 13.2 Å². The lowest BCUT2D eigenvalue weighted by molar-refractivity contribution is 0.282. The van der Waals surface area contributed by atoms with Crippen molar-refractivity contribution in [2.75, 3.05) is 13.2 Å². The van der Waals surface area contributed by atoms with Crippen molar-refractivity contribution in [2.45, 2.75) is 13.2 Å². The second-order valence-electron chi connectivity index (χ2n) is 2.87. The molecule has 72 valence electrons. The van der Waals surface area contributed by atoms with Crippen LogP contribution in [0.15, 0.2) is 24.3 Å². The summed E-state index contributed by atoms with van der Waals surface area (Å²) in [5.41, 5.74) is 2.08. The molecule has 0 aliphatic heterocycles. The summed E-state index contributed by atoms with van der Waals surface area (Å²) in [7, 11) is 0. The fourth-order valence-electron chi connectivity index (χ4n) is 1.07. The first-order valence-corrected chi connectivity index (χ1v) is 4.37. The molecular weight excluding hydrogens is 166 g/mol. The number of benzene rings is 1. The normalized spacial score (nSPS) is 10.3. The van der Waals surface area contributed by atoms with Crippen LogP contribution < -0.4 is 5.32 Å². The van der Waals surface area contributed by atoms with Crippen LogP contribution in [0.25, 0.3) is 0 Å². The molecule has 1 aromatic carbocycles. The maximum Gasteiger partial charge on any atom is 0.0681 e. The van der Waals surface area contributed by atoms with Gasteiger partial charge >= 0.3 is 0 Å². The first kappa shape index (κ1) is 10.2. The van der Waals surface area contributed by atoms with E-state index >= 15 is 0 Å². The monoisotopic (exact) mass is 181 g/mol. The summed E-state index contributed by atoms with van der Waals surface area (Å²) in [6.45, 7) is 1.62. The highest BCUT2D eigenvalue weighted by molar-refractivity contribution is 5.21. The Balaban J connectivity index is 2.40. The Kier molecular flexibility index (Phi) is 4.46. The molecule has 0 aliphatic carbocycles. The van der Waals surface area contributed by atoms with Crippen LogP contribution >= 0.6 is 0 Å². The Morgan fingerprint density at radius 2 is 1.62 bits per heavy atom. The van der Waals surface area contributed by atoms with E-state index in [1.165, 1.54) is 0 Å². The lowest BCUT2D eigenvalue weighted by atomic mass is 10.1. The second-order valence-corrected chi connectivity index (χ2v) is 2.87. The number of aliphatic hydroxyl groups is 2. The molecule has 0 fully saturated rings. The summed E-state index contributed by atoms with van der Waals surface area (Å²) >= 11 is 0.